The number of ether oxygens (including phenoxy) is 2. The third-order valence-electron chi connectivity index (χ3n) is 4.39. The van der Waals surface area contributed by atoms with Crippen molar-refractivity contribution in [2.45, 2.75) is 19.9 Å². The second kappa shape index (κ2) is 12.6. The smallest absolute Gasteiger partial charge is 0.341 e. The predicted octanol–water partition coefficient (Wildman–Crippen LogP) is 4.13. The lowest BCUT2D eigenvalue weighted by atomic mass is 10.0. The van der Waals surface area contributed by atoms with Crippen LogP contribution in [0.2, 0.25) is 10.0 Å². The summed E-state index contributed by atoms with van der Waals surface area (Å²) < 4.78 is 10.9. The van der Waals surface area contributed by atoms with Crippen LogP contribution in [-0.2, 0) is 9.59 Å². The molecule has 0 saturated carbocycles. The molecule has 0 aromatic heterocycles. The summed E-state index contributed by atoms with van der Waals surface area (Å²) >= 11 is 15.2. The quantitative estimate of drug-likeness (QED) is 0.289. The molecule has 0 spiro atoms. The van der Waals surface area contributed by atoms with Gasteiger partial charge in [0.25, 0.3) is 11.8 Å². The Balaban J connectivity index is 2.11. The Morgan fingerprint density at radius 2 is 1.91 bits per heavy atom. The lowest BCUT2D eigenvalue weighted by Gasteiger charge is -2.20. The number of aliphatic carboxylic acids is 1. The fraction of sp³-hybridized carbons (Fsp3) is 0.273. The highest BCUT2D eigenvalue weighted by atomic mass is 79.9. The van der Waals surface area contributed by atoms with Crippen molar-refractivity contribution in [3.8, 4) is 11.5 Å². The first-order valence-corrected chi connectivity index (χ1v) is 11.4. The molecular weight excluding hydrogens is 553 g/mol. The van der Waals surface area contributed by atoms with Gasteiger partial charge in [-0.05, 0) is 57.7 Å². The molecule has 12 heteroatoms. The number of halogens is 3. The Morgan fingerprint density at radius 3 is 2.50 bits per heavy atom. The Labute approximate surface area is 214 Å². The van der Waals surface area contributed by atoms with E-state index >= 15 is 0 Å². The number of nitrogens with one attached hydrogen (secondary N) is 2. The third kappa shape index (κ3) is 7.61. The zero-order valence-corrected chi connectivity index (χ0v) is 21.5. The lowest BCUT2D eigenvalue weighted by molar-refractivity contribution is -0.139. The first-order chi connectivity index (χ1) is 16.0. The van der Waals surface area contributed by atoms with Gasteiger partial charge in [0.15, 0.2) is 18.1 Å². The van der Waals surface area contributed by atoms with Gasteiger partial charge in [-0.3, -0.25) is 9.59 Å². The molecule has 2 amide bonds. The van der Waals surface area contributed by atoms with Crippen LogP contribution in [0.3, 0.4) is 0 Å². The van der Waals surface area contributed by atoms with E-state index in [0.29, 0.717) is 15.1 Å². The van der Waals surface area contributed by atoms with E-state index in [0.717, 1.165) is 0 Å². The second-order valence-corrected chi connectivity index (χ2v) is 8.97. The standard InChI is InChI=1S/C22H22BrCl2N3O6/c1-11(2)19(27-21(31)14-5-4-13(24)8-16(14)25)22(32)28-26-9-12-6-15(23)20(17(7-12)33-3)34-10-18(29)30/h4-9,11,19H,10H2,1-3H3,(H,27,31)(H,28,32)(H,29,30). The maximum Gasteiger partial charge on any atom is 0.341 e. The first-order valence-electron chi connectivity index (χ1n) is 9.84. The van der Waals surface area contributed by atoms with E-state index in [4.69, 9.17) is 37.8 Å². The number of carbonyl (C=O) groups excluding carboxylic acids is 2. The van der Waals surface area contributed by atoms with E-state index in [1.165, 1.54) is 31.5 Å². The zero-order valence-electron chi connectivity index (χ0n) is 18.4. The molecule has 0 fully saturated rings. The van der Waals surface area contributed by atoms with Gasteiger partial charge >= 0.3 is 5.97 Å². The third-order valence-corrected chi connectivity index (χ3v) is 5.53. The van der Waals surface area contributed by atoms with Gasteiger partial charge in [-0.1, -0.05) is 37.0 Å². The number of amides is 2. The maximum atomic E-state index is 12.7. The van der Waals surface area contributed by atoms with Crippen molar-refractivity contribution in [1.29, 1.82) is 0 Å². The minimum Gasteiger partial charge on any atom is -0.493 e. The van der Waals surface area contributed by atoms with E-state index in [1.807, 2.05) is 0 Å². The number of rotatable bonds is 10. The summed E-state index contributed by atoms with van der Waals surface area (Å²) in [6.07, 6.45) is 1.36. The summed E-state index contributed by atoms with van der Waals surface area (Å²) in [6.45, 7) is 3.01. The number of carboxylic acid groups (broad SMARTS) is 1. The van der Waals surface area contributed by atoms with Crippen LogP contribution in [0, 0.1) is 5.92 Å². The van der Waals surface area contributed by atoms with Gasteiger partial charge in [0.2, 0.25) is 0 Å². The fourth-order valence-corrected chi connectivity index (χ4v) is 3.82. The molecule has 1 atom stereocenters. The molecule has 1 unspecified atom stereocenters. The lowest BCUT2D eigenvalue weighted by Crippen LogP contribution is -2.48. The molecule has 0 aliphatic heterocycles. The topological polar surface area (TPSA) is 126 Å². The summed E-state index contributed by atoms with van der Waals surface area (Å²) in [6, 6.07) is 6.73. The number of hydrogen-bond donors (Lipinski definition) is 3. The number of methoxy groups -OCH3 is 1. The Bertz CT molecular complexity index is 1110. The zero-order chi connectivity index (χ0) is 25.4. The van der Waals surface area contributed by atoms with Crippen molar-refractivity contribution in [2.24, 2.45) is 11.0 Å². The van der Waals surface area contributed by atoms with Gasteiger partial charge < -0.3 is 19.9 Å². The van der Waals surface area contributed by atoms with Crippen molar-refractivity contribution < 1.29 is 29.0 Å². The number of hydrazone groups is 1. The highest BCUT2D eigenvalue weighted by molar-refractivity contribution is 9.10. The van der Waals surface area contributed by atoms with Crippen molar-refractivity contribution in [3.63, 3.8) is 0 Å². The largest absolute Gasteiger partial charge is 0.493 e. The molecule has 0 bridgehead atoms. The van der Waals surface area contributed by atoms with Gasteiger partial charge in [0.05, 0.1) is 28.4 Å². The molecule has 0 radical (unpaired) electrons. The molecule has 2 rings (SSSR count). The Kier molecular flexibility index (Phi) is 10.2. The summed E-state index contributed by atoms with van der Waals surface area (Å²) in [5.41, 5.74) is 3.12. The van der Waals surface area contributed by atoms with Crippen LogP contribution in [0.5, 0.6) is 11.5 Å². The van der Waals surface area contributed by atoms with Gasteiger partial charge in [0, 0.05) is 5.02 Å². The fourth-order valence-electron chi connectivity index (χ4n) is 2.76. The monoisotopic (exact) mass is 573 g/mol. The normalized spacial score (nSPS) is 11.9. The maximum absolute atomic E-state index is 12.7. The van der Waals surface area contributed by atoms with E-state index < -0.39 is 30.4 Å². The van der Waals surface area contributed by atoms with Crippen molar-refractivity contribution in [3.05, 3.63) is 56.0 Å². The van der Waals surface area contributed by atoms with E-state index in [2.05, 4.69) is 31.8 Å². The molecule has 182 valence electrons. The van der Waals surface area contributed by atoms with Crippen molar-refractivity contribution in [2.75, 3.05) is 13.7 Å². The summed E-state index contributed by atoms with van der Waals surface area (Å²) in [5, 5.41) is 16.0. The Morgan fingerprint density at radius 1 is 1.21 bits per heavy atom. The number of benzene rings is 2. The van der Waals surface area contributed by atoms with Crippen LogP contribution < -0.4 is 20.2 Å². The van der Waals surface area contributed by atoms with Gasteiger partial charge in [-0.2, -0.15) is 5.10 Å². The average Bonchev–Trinajstić information content (AvgIpc) is 2.75. The summed E-state index contributed by atoms with van der Waals surface area (Å²) in [7, 11) is 1.40. The van der Waals surface area contributed by atoms with Crippen molar-refractivity contribution >= 4 is 63.1 Å². The van der Waals surface area contributed by atoms with E-state index in [9.17, 15) is 14.4 Å². The number of nitrogens with zero attached hydrogens (tertiary/aromatic N) is 1. The molecule has 2 aromatic rings. The molecule has 3 N–H and O–H groups in total. The van der Waals surface area contributed by atoms with Crippen LogP contribution in [0.4, 0.5) is 0 Å². The predicted molar refractivity (Wildman–Crippen MR) is 132 cm³/mol. The molecule has 2 aromatic carbocycles. The molecule has 34 heavy (non-hydrogen) atoms. The van der Waals surface area contributed by atoms with Crippen LogP contribution >= 0.6 is 39.1 Å². The second-order valence-electron chi connectivity index (χ2n) is 7.27. The number of carboxylic acids is 1. The molecule has 9 nitrogen and oxygen atoms in total. The number of carbonyl (C=O) groups is 3. The highest BCUT2D eigenvalue weighted by Gasteiger charge is 2.25. The van der Waals surface area contributed by atoms with Crippen molar-refractivity contribution in [1.82, 2.24) is 10.7 Å². The van der Waals surface area contributed by atoms with E-state index in [1.54, 1.807) is 26.0 Å². The molecule has 0 aliphatic rings. The molecule has 0 heterocycles. The van der Waals surface area contributed by atoms with Crippen LogP contribution in [0.25, 0.3) is 0 Å². The van der Waals surface area contributed by atoms with E-state index in [-0.39, 0.29) is 28.0 Å². The van der Waals surface area contributed by atoms with Gasteiger partial charge in [0.1, 0.15) is 6.04 Å². The molecular formula is C22H22BrCl2N3O6. The SMILES string of the molecule is COc1cc(C=NNC(=O)C(NC(=O)c2ccc(Cl)cc2Cl)C(C)C)cc(Br)c1OCC(=O)O. The summed E-state index contributed by atoms with van der Waals surface area (Å²) in [5.74, 6) is -1.94. The Hall–Kier alpha value is -2.82. The van der Waals surface area contributed by atoms with Crippen LogP contribution in [0.1, 0.15) is 29.8 Å². The molecule has 0 aliphatic carbocycles. The van der Waals surface area contributed by atoms with Gasteiger partial charge in [-0.25, -0.2) is 10.2 Å². The average molecular weight is 575 g/mol. The first kappa shape index (κ1) is 27.4. The molecule has 0 saturated heterocycles. The van der Waals surface area contributed by atoms with Crippen LogP contribution in [0.15, 0.2) is 39.9 Å². The van der Waals surface area contributed by atoms with Gasteiger partial charge in [-0.15, -0.1) is 0 Å². The minimum absolute atomic E-state index is 0.168. The number of hydrogen-bond acceptors (Lipinski definition) is 6. The summed E-state index contributed by atoms with van der Waals surface area (Å²) in [4.78, 5) is 36.0. The van der Waals surface area contributed by atoms with Crippen LogP contribution in [-0.4, -0.2) is 48.9 Å². The highest BCUT2D eigenvalue weighted by Crippen LogP contribution is 2.36. The minimum atomic E-state index is -1.13.